The highest BCUT2D eigenvalue weighted by molar-refractivity contribution is 6.32. The largest absolute Gasteiger partial charge is 0.463 e. The number of ether oxygens (including phenoxy) is 1. The Hall–Kier alpha value is -3.25. The van der Waals surface area contributed by atoms with Crippen LogP contribution in [0.3, 0.4) is 0 Å². The van der Waals surface area contributed by atoms with Gasteiger partial charge in [0.05, 0.1) is 18.2 Å². The van der Waals surface area contributed by atoms with Crippen molar-refractivity contribution in [3.8, 4) is 0 Å². The highest BCUT2D eigenvalue weighted by Gasteiger charge is 2.36. The summed E-state index contributed by atoms with van der Waals surface area (Å²) < 4.78 is 7.25. The van der Waals surface area contributed by atoms with E-state index in [2.05, 4.69) is 10.6 Å². The molecule has 2 heterocycles. The van der Waals surface area contributed by atoms with Crippen molar-refractivity contribution in [3.05, 3.63) is 82.1 Å². The molecule has 6 nitrogen and oxygen atoms in total. The first-order valence-corrected chi connectivity index (χ1v) is 10.1. The predicted molar refractivity (Wildman–Crippen MR) is 116 cm³/mol. The van der Waals surface area contributed by atoms with Gasteiger partial charge < -0.3 is 19.9 Å². The Morgan fingerprint density at radius 2 is 1.83 bits per heavy atom. The summed E-state index contributed by atoms with van der Waals surface area (Å²) in [5.41, 5.74) is 3.51. The smallest absolute Gasteiger partial charge is 0.338 e. The van der Waals surface area contributed by atoms with E-state index in [1.54, 1.807) is 13.8 Å². The lowest BCUT2D eigenvalue weighted by atomic mass is 9.95. The van der Waals surface area contributed by atoms with Gasteiger partial charge in [-0.2, -0.15) is 0 Å². The van der Waals surface area contributed by atoms with Crippen LogP contribution in [0, 0.1) is 0 Å². The number of amides is 2. The molecule has 4 rings (SSSR count). The molecule has 0 bridgehead atoms. The second-order valence-electron chi connectivity index (χ2n) is 7.08. The number of aromatic nitrogens is 1. The number of halogens is 1. The predicted octanol–water partition coefficient (Wildman–Crippen LogP) is 4.53. The minimum atomic E-state index is -0.716. The molecule has 0 aliphatic carbocycles. The molecule has 154 valence electrons. The number of benzene rings is 2. The maximum Gasteiger partial charge on any atom is 0.338 e. The van der Waals surface area contributed by atoms with E-state index in [4.69, 9.17) is 16.3 Å². The van der Waals surface area contributed by atoms with E-state index < -0.39 is 12.0 Å². The van der Waals surface area contributed by atoms with Crippen molar-refractivity contribution in [1.29, 1.82) is 0 Å². The number of hydrogen-bond donors (Lipinski definition) is 2. The van der Waals surface area contributed by atoms with Crippen LogP contribution in [0.25, 0.3) is 10.9 Å². The number of nitrogens with zero attached hydrogens (tertiary/aromatic N) is 1. The number of fused-ring (bicyclic) bond motifs is 1. The minimum absolute atomic E-state index is 0.236. The van der Waals surface area contributed by atoms with Crippen LogP contribution in [0.5, 0.6) is 0 Å². The van der Waals surface area contributed by atoms with Gasteiger partial charge in [0.25, 0.3) is 0 Å². The highest BCUT2D eigenvalue weighted by atomic mass is 35.5. The van der Waals surface area contributed by atoms with Crippen LogP contribution in [0.4, 0.5) is 4.79 Å². The van der Waals surface area contributed by atoms with E-state index in [0.29, 0.717) is 28.5 Å². The number of urea groups is 1. The average Bonchev–Trinajstić information content (AvgIpc) is 3.00. The first-order valence-electron chi connectivity index (χ1n) is 9.77. The number of para-hydroxylation sites is 1. The molecular formula is C23H22ClN3O3. The molecule has 1 aliphatic rings. The molecule has 7 heteroatoms. The van der Waals surface area contributed by atoms with Gasteiger partial charge in [-0.1, -0.05) is 60.1 Å². The molecule has 0 radical (unpaired) electrons. The number of nitrogens with one attached hydrogen (secondary N) is 2. The van der Waals surface area contributed by atoms with E-state index in [-0.39, 0.29) is 12.6 Å². The Bertz CT molecular complexity index is 1150. The van der Waals surface area contributed by atoms with Gasteiger partial charge in [0.1, 0.15) is 5.15 Å². The minimum Gasteiger partial charge on any atom is -0.463 e. The van der Waals surface area contributed by atoms with Crippen LogP contribution in [0.1, 0.15) is 31.0 Å². The highest BCUT2D eigenvalue weighted by Crippen LogP contribution is 2.39. The van der Waals surface area contributed by atoms with E-state index in [9.17, 15) is 9.59 Å². The Morgan fingerprint density at radius 1 is 1.13 bits per heavy atom. The third-order valence-corrected chi connectivity index (χ3v) is 5.59. The molecular weight excluding hydrogens is 402 g/mol. The maximum absolute atomic E-state index is 12.7. The lowest BCUT2D eigenvalue weighted by Gasteiger charge is -2.28. The van der Waals surface area contributed by atoms with Crippen LogP contribution < -0.4 is 10.6 Å². The second-order valence-corrected chi connectivity index (χ2v) is 7.44. The molecule has 0 saturated heterocycles. The number of carbonyl (C=O) groups excluding carboxylic acids is 2. The Balaban J connectivity index is 1.90. The summed E-state index contributed by atoms with van der Waals surface area (Å²) in [5.74, 6) is -0.483. The Morgan fingerprint density at radius 3 is 2.57 bits per heavy atom. The number of hydrogen-bond acceptors (Lipinski definition) is 3. The standard InChI is InChI=1S/C23H22ClN3O3/c1-3-30-22(28)18-14(2)25-23(29)26-20(18)19-16-11-7-8-12-17(16)27(21(19)24)13-15-9-5-4-6-10-15/h4-12,20H,3,13H2,1-2H3,(H2,25,26,29). The van der Waals surface area contributed by atoms with Crippen molar-refractivity contribution >= 4 is 34.5 Å². The molecule has 3 aromatic rings. The fourth-order valence-electron chi connectivity index (χ4n) is 3.88. The summed E-state index contributed by atoms with van der Waals surface area (Å²) in [4.78, 5) is 25.0. The van der Waals surface area contributed by atoms with Crippen molar-refractivity contribution in [1.82, 2.24) is 15.2 Å². The zero-order chi connectivity index (χ0) is 21.3. The third-order valence-electron chi connectivity index (χ3n) is 5.18. The molecule has 2 aromatic carbocycles. The van der Waals surface area contributed by atoms with Gasteiger partial charge in [-0.15, -0.1) is 0 Å². The second kappa shape index (κ2) is 8.24. The molecule has 1 aromatic heterocycles. The van der Waals surface area contributed by atoms with Crippen molar-refractivity contribution < 1.29 is 14.3 Å². The molecule has 0 saturated carbocycles. The van der Waals surface area contributed by atoms with Gasteiger partial charge in [0, 0.05) is 28.7 Å². The molecule has 0 fully saturated rings. The summed E-state index contributed by atoms with van der Waals surface area (Å²) in [6.07, 6.45) is 0. The topological polar surface area (TPSA) is 72.4 Å². The number of rotatable bonds is 5. The first-order chi connectivity index (χ1) is 14.5. The summed E-state index contributed by atoms with van der Waals surface area (Å²) >= 11 is 6.89. The van der Waals surface area contributed by atoms with Crippen LogP contribution in [-0.4, -0.2) is 23.2 Å². The maximum atomic E-state index is 12.7. The fraction of sp³-hybridized carbons (Fsp3) is 0.217. The van der Waals surface area contributed by atoms with Crippen molar-refractivity contribution in [3.63, 3.8) is 0 Å². The molecule has 1 aliphatic heterocycles. The number of carbonyl (C=O) groups is 2. The van der Waals surface area contributed by atoms with E-state index >= 15 is 0 Å². The number of allylic oxidation sites excluding steroid dienone is 1. The molecule has 2 amide bonds. The zero-order valence-corrected chi connectivity index (χ0v) is 17.5. The van der Waals surface area contributed by atoms with Crippen molar-refractivity contribution in [2.75, 3.05) is 6.61 Å². The molecule has 1 atom stereocenters. The van der Waals surface area contributed by atoms with Crippen LogP contribution in [0.15, 0.2) is 65.9 Å². The SMILES string of the molecule is CCOC(=O)C1=C(C)NC(=O)NC1c1c(Cl)n(Cc2ccccc2)c2ccccc12. The summed E-state index contributed by atoms with van der Waals surface area (Å²) in [5, 5.41) is 6.87. The molecule has 30 heavy (non-hydrogen) atoms. The van der Waals surface area contributed by atoms with E-state index in [1.165, 1.54) is 0 Å². The monoisotopic (exact) mass is 423 g/mol. The fourth-order valence-corrected chi connectivity index (χ4v) is 4.25. The van der Waals surface area contributed by atoms with Crippen molar-refractivity contribution in [2.45, 2.75) is 26.4 Å². The Kier molecular flexibility index (Phi) is 5.50. The molecule has 0 spiro atoms. The molecule has 2 N–H and O–H groups in total. The summed E-state index contributed by atoms with van der Waals surface area (Å²) in [6, 6.07) is 16.7. The van der Waals surface area contributed by atoms with E-state index in [0.717, 1.165) is 16.5 Å². The van der Waals surface area contributed by atoms with Gasteiger partial charge in [-0.05, 0) is 25.5 Å². The van der Waals surface area contributed by atoms with Crippen LogP contribution >= 0.6 is 11.6 Å². The average molecular weight is 424 g/mol. The van der Waals surface area contributed by atoms with Gasteiger partial charge in [0.15, 0.2) is 0 Å². The van der Waals surface area contributed by atoms with E-state index in [1.807, 2.05) is 59.2 Å². The van der Waals surface area contributed by atoms with Crippen LogP contribution in [-0.2, 0) is 16.1 Å². The quantitative estimate of drug-likeness (QED) is 0.592. The third kappa shape index (κ3) is 3.55. The van der Waals surface area contributed by atoms with Crippen molar-refractivity contribution in [2.24, 2.45) is 0 Å². The van der Waals surface area contributed by atoms with Gasteiger partial charge in [-0.3, -0.25) is 0 Å². The zero-order valence-electron chi connectivity index (χ0n) is 16.7. The Labute approximate surface area is 179 Å². The summed E-state index contributed by atoms with van der Waals surface area (Å²) in [6.45, 7) is 4.24. The van der Waals surface area contributed by atoms with Gasteiger partial charge in [0.2, 0.25) is 0 Å². The number of esters is 1. The van der Waals surface area contributed by atoms with Crippen LogP contribution in [0.2, 0.25) is 5.15 Å². The van der Waals surface area contributed by atoms with Gasteiger partial charge >= 0.3 is 12.0 Å². The summed E-state index contributed by atoms with van der Waals surface area (Å²) in [7, 11) is 0. The lowest BCUT2D eigenvalue weighted by molar-refractivity contribution is -0.139. The molecule has 1 unspecified atom stereocenters. The lowest BCUT2D eigenvalue weighted by Crippen LogP contribution is -2.45. The normalized spacial score (nSPS) is 16.4. The first kappa shape index (κ1) is 20.0. The van der Waals surface area contributed by atoms with Gasteiger partial charge in [-0.25, -0.2) is 9.59 Å².